The average Bonchev–Trinajstić information content (AvgIpc) is 1.03. The zero-order valence-electron chi connectivity index (χ0n) is 121. The number of nitrogens with zero attached hydrogens (tertiary/aromatic N) is 20. The van der Waals surface area contributed by atoms with Crippen LogP contribution in [0.4, 0.5) is 0 Å². The van der Waals surface area contributed by atoms with Gasteiger partial charge in [0.05, 0.1) is 67.3 Å². The maximum absolute atomic E-state index is 12.2. The van der Waals surface area contributed by atoms with Crippen LogP contribution in [0.25, 0.3) is 6.08 Å². The minimum Gasteiger partial charge on any atom is -0.494 e. The number of hydrogen-bond donors (Lipinski definition) is 0. The first-order chi connectivity index (χ1) is 83.3. The Balaban J connectivity index is 0.000000156. The molecule has 5 heterocycles. The van der Waals surface area contributed by atoms with Gasteiger partial charge in [0.15, 0.2) is 29.1 Å². The van der Waals surface area contributed by atoms with Gasteiger partial charge in [0.25, 0.3) is 0 Å². The van der Waals surface area contributed by atoms with E-state index in [1.54, 1.807) is 30.3 Å². The minimum absolute atomic E-state index is 0.0388. The largest absolute Gasteiger partial charge is 0.494 e. The maximum Gasteiger partial charge on any atom is 0.151 e. The Morgan fingerprint density at radius 3 is 0.971 bits per heavy atom. The lowest BCUT2D eigenvalue weighted by Crippen LogP contribution is -2.22. The predicted molar refractivity (Wildman–Crippen MR) is 531 cm³/mol. The maximum atomic E-state index is 12.2. The van der Waals surface area contributed by atoms with Gasteiger partial charge in [0.2, 0.25) is 0 Å². The van der Waals surface area contributed by atoms with Gasteiger partial charge >= 0.3 is 0 Å². The van der Waals surface area contributed by atoms with Crippen molar-refractivity contribution in [3.8, 4) is 28.7 Å². The average molecular weight is 1910 g/mol. The molecule has 0 bridgehead atoms. The van der Waals surface area contributed by atoms with Crippen molar-refractivity contribution in [3.63, 3.8) is 0 Å². The molecule has 2 unspecified atom stereocenters. The fraction of sp³-hybridized carbons (Fsp3) is 0.591. The van der Waals surface area contributed by atoms with E-state index in [9.17, 15) is 9.59 Å². The van der Waals surface area contributed by atoms with Crippen molar-refractivity contribution in [1.82, 2.24) is 101 Å². The van der Waals surface area contributed by atoms with Crippen molar-refractivity contribution < 1.29 is 92.2 Å². The summed E-state index contributed by atoms with van der Waals surface area (Å²) in [7, 11) is 0. The molecule has 730 valence electrons. The Bertz CT molecular complexity index is 7740. The number of tetrazole rings is 5. The van der Waals surface area contributed by atoms with Crippen LogP contribution in [-0.4, -0.2) is 146 Å². The number of fused-ring (bicyclic) bond motifs is 5. The van der Waals surface area contributed by atoms with E-state index in [2.05, 4.69) is 116 Å². The smallest absolute Gasteiger partial charge is 0.151 e. The molecule has 5 aromatic heterocycles. The van der Waals surface area contributed by atoms with Crippen molar-refractivity contribution in [2.24, 2.45) is 11.8 Å². The molecule has 0 N–H and O–H groups in total. The van der Waals surface area contributed by atoms with Crippen molar-refractivity contribution in [2.45, 2.75) is 371 Å². The van der Waals surface area contributed by atoms with Crippen LogP contribution in [0, 0.1) is 11.8 Å². The molecule has 137 heavy (non-hydrogen) atoms. The van der Waals surface area contributed by atoms with Crippen LogP contribution >= 0.6 is 0 Å². The Labute approximate surface area is 871 Å². The zero-order valence-corrected chi connectivity index (χ0v) is 77.6. The molecule has 10 aromatic rings. The molecule has 5 aromatic carbocycles. The molecule has 0 saturated heterocycles. The number of aryl methyl sites for hydroxylation is 7. The Hall–Kier alpha value is -11.3. The Morgan fingerprint density at radius 2 is 0.628 bits per heavy atom. The van der Waals surface area contributed by atoms with Crippen LogP contribution in [-0.2, 0) is 99.4 Å². The highest BCUT2D eigenvalue weighted by molar-refractivity contribution is 5.86. The molecule has 5 fully saturated rings. The highest BCUT2D eigenvalue weighted by Crippen LogP contribution is 2.38. The van der Waals surface area contributed by atoms with E-state index in [1.807, 2.05) is 57.9 Å². The number of carbonyl (C=O) groups is 2. The lowest BCUT2D eigenvalue weighted by Gasteiger charge is -2.22. The van der Waals surface area contributed by atoms with Gasteiger partial charge in [0, 0.05) is 112 Å². The number of hydrogen-bond acceptors (Lipinski definition) is 22. The summed E-state index contributed by atoms with van der Waals surface area (Å²) >= 11 is 0. The third-order valence-corrected chi connectivity index (χ3v) is 24.6. The van der Waals surface area contributed by atoms with Crippen LogP contribution in [0.1, 0.15) is 424 Å². The van der Waals surface area contributed by atoms with E-state index in [0.717, 1.165) is 143 Å². The number of Topliss-reactive ketones (excluding diaryl/α,β-unsaturated/α-hetero) is 2. The molecule has 20 rings (SSSR count). The van der Waals surface area contributed by atoms with Crippen molar-refractivity contribution in [2.75, 3.05) is 33.0 Å². The van der Waals surface area contributed by atoms with Gasteiger partial charge in [-0.15, -0.1) is 25.5 Å². The predicted octanol–water partition coefficient (Wildman–Crippen LogP) is 21.7. The molecule has 10 aliphatic carbocycles. The second-order valence-corrected chi connectivity index (χ2v) is 34.6. The third kappa shape index (κ3) is 29.0. The van der Waals surface area contributed by atoms with E-state index in [1.165, 1.54) is 53.3 Å². The molecule has 0 aliphatic heterocycles. The zero-order chi connectivity index (χ0) is 133. The Morgan fingerprint density at radius 1 is 0.328 bits per heavy atom. The number of unbranched alkanes of at least 4 members (excludes halogenated alkanes) is 5. The summed E-state index contributed by atoms with van der Waals surface area (Å²) in [5, 5.41) is 56.5. The summed E-state index contributed by atoms with van der Waals surface area (Å²) in [5.41, 5.74) is 12.7. The molecule has 2 atom stereocenters. The van der Waals surface area contributed by atoms with Crippen molar-refractivity contribution in [1.29, 1.82) is 0 Å². The molecule has 0 radical (unpaired) electrons. The van der Waals surface area contributed by atoms with Gasteiger partial charge in [-0.1, -0.05) is 189 Å². The summed E-state index contributed by atoms with van der Waals surface area (Å²) in [4.78, 5) is 24.4. The number of allylic oxidation sites excluding steroid dienone is 4. The van der Waals surface area contributed by atoms with E-state index in [0.29, 0.717) is 139 Å². The van der Waals surface area contributed by atoms with Crippen LogP contribution in [0.3, 0.4) is 0 Å². The van der Waals surface area contributed by atoms with Crippen LogP contribution < -0.4 is 23.7 Å². The van der Waals surface area contributed by atoms with Gasteiger partial charge in [-0.05, 0) is 354 Å². The molecule has 27 heteroatoms. The van der Waals surface area contributed by atoms with Gasteiger partial charge in [-0.2, -0.15) is 0 Å². The highest BCUT2D eigenvalue weighted by atomic mass is 16.5. The first-order valence-corrected chi connectivity index (χ1v) is 47.2. The third-order valence-electron chi connectivity index (χ3n) is 24.6. The normalized spacial score (nSPS) is 32.0. The Kier molecular flexibility index (Phi) is 21.8. The van der Waals surface area contributed by atoms with Crippen LogP contribution in [0.5, 0.6) is 28.7 Å². The summed E-state index contributed by atoms with van der Waals surface area (Å²) in [6, 6.07) is 18.0. The number of carbonyl (C=O) groups excluding carboxylic acids is 2. The fourth-order valence-electron chi connectivity index (χ4n) is 17.0. The summed E-state index contributed by atoms with van der Waals surface area (Å²) in [6.45, 7) is 16.6. The molecule has 10 aliphatic rings. The first kappa shape index (κ1) is 58.0. The van der Waals surface area contributed by atoms with Crippen molar-refractivity contribution >= 4 is 17.6 Å². The lowest BCUT2D eigenvalue weighted by atomic mass is 9.84. The number of aromatic nitrogens is 20. The van der Waals surface area contributed by atoms with Gasteiger partial charge in [-0.25, -0.2) is 23.4 Å². The number of rotatable bonds is 35. The second-order valence-electron chi connectivity index (χ2n) is 34.6. The lowest BCUT2D eigenvalue weighted by molar-refractivity contribution is -0.122. The van der Waals surface area contributed by atoms with E-state index in [4.69, 9.17) is 82.6 Å². The number of benzene rings is 5. The molecule has 27 nitrogen and oxygen atoms in total. The second kappa shape index (κ2) is 51.4. The monoisotopic (exact) mass is 1900 g/mol. The summed E-state index contributed by atoms with van der Waals surface area (Å²) < 4.78 is 388. The van der Waals surface area contributed by atoms with E-state index < -0.39 is 162 Å². The molecular weight excluding hydrogens is 1710 g/mol. The number of ketones is 2. The summed E-state index contributed by atoms with van der Waals surface area (Å²) in [6.07, 6.45) is -37.3. The van der Waals surface area contributed by atoms with Gasteiger partial charge in [0.1, 0.15) is 40.3 Å². The summed E-state index contributed by atoms with van der Waals surface area (Å²) in [5.74, 6) is -0.324. The standard InChI is InChI=1S/2C22H30N4O2.2C22H30N4O.C22H28N4O/c2*1-16-13-18-14-20(11-10-17(18)15-21(16)27)28-12-6-5-9-22-23-24-25-26(22)19-7-3-2-4-8-19;3*1-17-10-11-19-16-21(13-12-18(19)15-17)27-14-6-5-9-22-23-24-25-26(22)20-7-3-2-4-8-20/h2*10-11,14,16,19H,2-9,12-13,15H2,1H3;2*12-13,16,20H,1-11,14-15H2;10-13,16,20H,1-9,14-15H2/i2D2,3D2,4D2,7D2,8D2,13D2,16D,19D;2D2,13D2,16D;2D2,3D2,4D2,7D2,8D2,20D;2D2;2D2,3D2,4D2,7D2,8D2,20D. The molecular formula is C110H148N20O7. The topological polar surface area (TPSA) is 298 Å². The quantitative estimate of drug-likeness (QED) is 0.0263. The highest BCUT2D eigenvalue weighted by Gasteiger charge is 2.29. The van der Waals surface area contributed by atoms with Gasteiger partial charge < -0.3 is 23.7 Å². The van der Waals surface area contributed by atoms with Crippen LogP contribution in [0.2, 0.25) is 0 Å². The molecule has 0 amide bonds. The van der Waals surface area contributed by atoms with Crippen LogP contribution in [0.15, 0.2) is 134 Å². The van der Waals surface area contributed by atoms with Gasteiger partial charge in [-0.3, -0.25) is 9.59 Å². The number of ether oxygens (including phenoxy) is 5. The fourth-order valence-corrected chi connectivity index (χ4v) is 17.0. The van der Waals surface area contributed by atoms with E-state index >= 15 is 0 Å². The van der Waals surface area contributed by atoms with Crippen molar-refractivity contribution in [3.05, 3.63) is 218 Å². The molecule has 0 spiro atoms. The minimum atomic E-state index is -3.66. The first-order valence-electron chi connectivity index (χ1n) is 68.7. The SMILES string of the molecule is [2H]C1(C)C(=O)Cc2ccc(OCCCCc3nnnn3C3([2H])C([2H])([2H])C([2H])([2H])C([2H])([2H])C([2H])([2H])C3([2H])[2H])cc2C1([2H])[2H].[2H]C1([2H])C([2H])([2H])C([2H])([2H])C([2H])(n2nnnc2CCCCOc2ccc3c(c2)C=CC(=C)C3)C([2H])([2H])C1([2H])[2H].[2H]C1([2H])C([2H])([2H])C([2H])([2H])C([2H])(n2nnnc2CCCCOc2ccc3c(c2)CCC(=C)C3)C([2H])([2H])C1([2H])[2H].[2H]C1([2H])CCC(n2nnnc2CCCCOc2ccc3c(c2)C([2H])([2H])C([2H])(C)C(=O)C3)CC1.[2H]C1([2H])CCC(n2nnnc2CCCCOc2ccc3c(c2)CCC(=C)C3)CC1. The molecule has 5 saturated carbocycles. The van der Waals surface area contributed by atoms with E-state index in [-0.39, 0.29) is 80.3 Å².